The molecule has 3 aromatic heterocycles. The molecular weight excluding hydrogens is 348 g/mol. The smallest absolute Gasteiger partial charge is 0.269 e. The number of thiazole rings is 1. The van der Waals surface area contributed by atoms with E-state index in [2.05, 4.69) is 37.4 Å². The predicted molar refractivity (Wildman–Crippen MR) is 94.1 cm³/mol. The van der Waals surface area contributed by atoms with Crippen molar-refractivity contribution in [3.8, 4) is 21.3 Å². The summed E-state index contributed by atoms with van der Waals surface area (Å²) in [6.45, 7) is 2.80. The summed E-state index contributed by atoms with van der Waals surface area (Å²) in [4.78, 5) is 16.1. The van der Waals surface area contributed by atoms with E-state index in [1.807, 2.05) is 12.1 Å². The van der Waals surface area contributed by atoms with Gasteiger partial charge in [0.05, 0.1) is 12.2 Å². The molecule has 0 aromatic carbocycles. The van der Waals surface area contributed by atoms with Crippen molar-refractivity contribution in [1.82, 2.24) is 30.3 Å². The minimum Gasteiger partial charge on any atom is -0.333 e. The van der Waals surface area contributed by atoms with Gasteiger partial charge >= 0.3 is 0 Å². The number of nitrogens with one attached hydrogen (secondary N) is 1. The van der Waals surface area contributed by atoms with E-state index in [0.717, 1.165) is 35.1 Å². The van der Waals surface area contributed by atoms with Crippen molar-refractivity contribution in [2.24, 2.45) is 0 Å². The molecule has 0 bridgehead atoms. The second kappa shape index (κ2) is 7.35. The molecular formula is C15H17ClN6OS. The second-order valence-electron chi connectivity index (χ2n) is 5.42. The van der Waals surface area contributed by atoms with E-state index in [4.69, 9.17) is 4.52 Å². The van der Waals surface area contributed by atoms with Crippen LogP contribution in [0.5, 0.6) is 0 Å². The molecule has 1 saturated heterocycles. The van der Waals surface area contributed by atoms with E-state index < -0.39 is 0 Å². The van der Waals surface area contributed by atoms with Gasteiger partial charge in [0.15, 0.2) is 5.82 Å². The fraction of sp³-hybridized carbons (Fsp3) is 0.333. The van der Waals surface area contributed by atoms with Gasteiger partial charge in [-0.2, -0.15) is 4.98 Å². The standard InChI is InChI=1S/C15H16N6OS.ClH/c1-21-7-6-17-8-11(21)13-19-14(22-20-13)12-9-18-15(23-12)10-2-4-16-5-3-10;/h2-5,9,11,17H,6-8H2,1H3;1H. The number of nitrogens with zero attached hydrogens (tertiary/aromatic N) is 5. The summed E-state index contributed by atoms with van der Waals surface area (Å²) < 4.78 is 5.44. The Balaban J connectivity index is 0.00000169. The monoisotopic (exact) mass is 364 g/mol. The van der Waals surface area contributed by atoms with E-state index in [1.165, 1.54) is 11.3 Å². The summed E-state index contributed by atoms with van der Waals surface area (Å²) in [7, 11) is 2.08. The zero-order chi connectivity index (χ0) is 15.6. The lowest BCUT2D eigenvalue weighted by atomic mass is 10.2. The zero-order valence-electron chi connectivity index (χ0n) is 13.0. The number of hydrogen-bond donors (Lipinski definition) is 1. The van der Waals surface area contributed by atoms with Crippen LogP contribution in [0.25, 0.3) is 21.3 Å². The van der Waals surface area contributed by atoms with Crippen LogP contribution in [0.1, 0.15) is 11.9 Å². The lowest BCUT2D eigenvalue weighted by Gasteiger charge is -2.30. The van der Waals surface area contributed by atoms with Crippen LogP contribution in [0.4, 0.5) is 0 Å². The second-order valence-corrected chi connectivity index (χ2v) is 6.45. The highest BCUT2D eigenvalue weighted by atomic mass is 35.5. The average Bonchev–Trinajstić information content (AvgIpc) is 3.25. The van der Waals surface area contributed by atoms with Crippen molar-refractivity contribution >= 4 is 23.7 Å². The highest BCUT2D eigenvalue weighted by Gasteiger charge is 2.26. The molecule has 24 heavy (non-hydrogen) atoms. The largest absolute Gasteiger partial charge is 0.333 e. The third-order valence-corrected chi connectivity index (χ3v) is 4.93. The quantitative estimate of drug-likeness (QED) is 0.763. The van der Waals surface area contributed by atoms with Gasteiger partial charge in [0.2, 0.25) is 0 Å². The van der Waals surface area contributed by atoms with Crippen LogP contribution in [0.15, 0.2) is 35.2 Å². The van der Waals surface area contributed by atoms with Gasteiger partial charge in [-0.05, 0) is 19.2 Å². The van der Waals surface area contributed by atoms with Crippen LogP contribution < -0.4 is 5.32 Å². The van der Waals surface area contributed by atoms with Gasteiger partial charge in [-0.3, -0.25) is 9.88 Å². The van der Waals surface area contributed by atoms with Crippen LogP contribution >= 0.6 is 23.7 Å². The Kier molecular flexibility index (Phi) is 5.20. The molecule has 1 fully saturated rings. The van der Waals surface area contributed by atoms with Crippen molar-refractivity contribution in [1.29, 1.82) is 0 Å². The summed E-state index contributed by atoms with van der Waals surface area (Å²) in [6.07, 6.45) is 5.29. The normalized spacial score (nSPS) is 18.3. The summed E-state index contributed by atoms with van der Waals surface area (Å²) in [6, 6.07) is 4.02. The molecule has 1 atom stereocenters. The zero-order valence-corrected chi connectivity index (χ0v) is 14.7. The van der Waals surface area contributed by atoms with E-state index in [9.17, 15) is 0 Å². The Morgan fingerprint density at radius 1 is 1.33 bits per heavy atom. The highest BCUT2D eigenvalue weighted by molar-refractivity contribution is 7.18. The van der Waals surface area contributed by atoms with Gasteiger partial charge < -0.3 is 9.84 Å². The van der Waals surface area contributed by atoms with Crippen molar-refractivity contribution in [3.63, 3.8) is 0 Å². The third-order valence-electron chi connectivity index (χ3n) is 3.89. The number of halogens is 1. The molecule has 0 aliphatic carbocycles. The molecule has 126 valence electrons. The Morgan fingerprint density at radius 3 is 2.96 bits per heavy atom. The lowest BCUT2D eigenvalue weighted by molar-refractivity contribution is 0.190. The summed E-state index contributed by atoms with van der Waals surface area (Å²) >= 11 is 1.54. The van der Waals surface area contributed by atoms with Gasteiger partial charge in [0, 0.05) is 37.6 Å². The maximum Gasteiger partial charge on any atom is 0.269 e. The maximum atomic E-state index is 5.44. The number of pyridine rings is 1. The molecule has 4 rings (SSSR count). The highest BCUT2D eigenvalue weighted by Crippen LogP contribution is 2.31. The van der Waals surface area contributed by atoms with Crippen molar-refractivity contribution in [2.75, 3.05) is 26.7 Å². The average molecular weight is 365 g/mol. The van der Waals surface area contributed by atoms with Crippen molar-refractivity contribution < 1.29 is 4.52 Å². The fourth-order valence-electron chi connectivity index (χ4n) is 2.57. The van der Waals surface area contributed by atoms with E-state index >= 15 is 0 Å². The van der Waals surface area contributed by atoms with E-state index in [1.54, 1.807) is 18.6 Å². The number of likely N-dealkylation sites (N-methyl/N-ethyl adjacent to an activating group) is 1. The molecule has 7 nitrogen and oxygen atoms in total. The molecule has 0 radical (unpaired) electrons. The molecule has 1 unspecified atom stereocenters. The van der Waals surface area contributed by atoms with Gasteiger partial charge in [-0.1, -0.05) is 5.16 Å². The Bertz CT molecular complexity index is 792. The minimum absolute atomic E-state index is 0. The van der Waals surface area contributed by atoms with Crippen molar-refractivity contribution in [2.45, 2.75) is 6.04 Å². The van der Waals surface area contributed by atoms with Gasteiger partial charge in [-0.25, -0.2) is 4.98 Å². The van der Waals surface area contributed by atoms with Gasteiger partial charge in [0.1, 0.15) is 9.88 Å². The van der Waals surface area contributed by atoms with Crippen LogP contribution in [0.2, 0.25) is 0 Å². The molecule has 1 aliphatic heterocycles. The molecule has 0 amide bonds. The molecule has 1 aliphatic rings. The summed E-state index contributed by atoms with van der Waals surface area (Å²) in [5, 5.41) is 8.42. The maximum absolute atomic E-state index is 5.44. The van der Waals surface area contributed by atoms with E-state index in [-0.39, 0.29) is 18.4 Å². The predicted octanol–water partition coefficient (Wildman–Crippen LogP) is 2.25. The van der Waals surface area contributed by atoms with Crippen LogP contribution in [-0.4, -0.2) is 51.7 Å². The Hall–Kier alpha value is -1.87. The van der Waals surface area contributed by atoms with Gasteiger partial charge in [-0.15, -0.1) is 23.7 Å². The van der Waals surface area contributed by atoms with Crippen molar-refractivity contribution in [3.05, 3.63) is 36.5 Å². The summed E-state index contributed by atoms with van der Waals surface area (Å²) in [5.41, 5.74) is 1.03. The fourth-order valence-corrected chi connectivity index (χ4v) is 3.41. The molecule has 0 spiro atoms. The molecule has 4 heterocycles. The van der Waals surface area contributed by atoms with E-state index in [0.29, 0.717) is 11.7 Å². The number of rotatable bonds is 3. The van der Waals surface area contributed by atoms with Gasteiger partial charge in [0.25, 0.3) is 5.89 Å². The minimum atomic E-state index is 0. The Morgan fingerprint density at radius 2 is 2.17 bits per heavy atom. The molecule has 3 aromatic rings. The first-order chi connectivity index (χ1) is 11.3. The first-order valence-corrected chi connectivity index (χ1v) is 8.24. The van der Waals surface area contributed by atoms with Crippen LogP contribution in [-0.2, 0) is 0 Å². The lowest BCUT2D eigenvalue weighted by Crippen LogP contribution is -2.44. The first kappa shape index (κ1) is 17.0. The topological polar surface area (TPSA) is 80.0 Å². The summed E-state index contributed by atoms with van der Waals surface area (Å²) in [5.74, 6) is 1.24. The third kappa shape index (κ3) is 3.32. The first-order valence-electron chi connectivity index (χ1n) is 7.42. The Labute approximate surface area is 149 Å². The van der Waals surface area contributed by atoms with Crippen LogP contribution in [0.3, 0.4) is 0 Å². The SMILES string of the molecule is CN1CCNCC1c1noc(-c2cnc(-c3ccncc3)s2)n1.Cl. The molecule has 0 saturated carbocycles. The number of hydrogen-bond acceptors (Lipinski definition) is 8. The van der Waals surface area contributed by atoms with Crippen LogP contribution in [0, 0.1) is 0 Å². The molecule has 1 N–H and O–H groups in total. The molecule has 9 heteroatoms. The number of aromatic nitrogens is 4. The number of piperazine rings is 1.